The minimum atomic E-state index is -0.696. The molecule has 20 heavy (non-hydrogen) atoms. The molecule has 0 bridgehead atoms. The van der Waals surface area contributed by atoms with E-state index in [2.05, 4.69) is 10.3 Å². The first-order valence-corrected chi connectivity index (χ1v) is 6.34. The van der Waals surface area contributed by atoms with Gasteiger partial charge in [-0.25, -0.2) is 4.98 Å². The molecule has 7 heteroatoms. The lowest BCUT2D eigenvalue weighted by Crippen LogP contribution is -2.24. The molecule has 0 aliphatic carbocycles. The summed E-state index contributed by atoms with van der Waals surface area (Å²) in [5.41, 5.74) is 2.08. The van der Waals surface area contributed by atoms with Crippen molar-refractivity contribution in [2.75, 3.05) is 11.9 Å². The van der Waals surface area contributed by atoms with Gasteiger partial charge in [0.1, 0.15) is 17.8 Å². The number of imidazole rings is 1. The van der Waals surface area contributed by atoms with Gasteiger partial charge in [0.25, 0.3) is 0 Å². The zero-order valence-corrected chi connectivity index (χ0v) is 10.6. The van der Waals surface area contributed by atoms with E-state index < -0.39 is 12.2 Å². The van der Waals surface area contributed by atoms with Gasteiger partial charge in [0.2, 0.25) is 6.41 Å². The Morgan fingerprint density at radius 1 is 1.55 bits per heavy atom. The maximum Gasteiger partial charge on any atom is 0.211 e. The molecule has 1 aliphatic heterocycles. The third kappa shape index (κ3) is 2.05. The molecule has 0 spiro atoms. The smallest absolute Gasteiger partial charge is 0.211 e. The molecule has 3 N–H and O–H groups in total. The Kier molecular flexibility index (Phi) is 3.39. The Hall–Kier alpha value is -1.96. The topological polar surface area (TPSA) is 96.6 Å². The quantitative estimate of drug-likeness (QED) is 0.696. The molecule has 1 saturated heterocycles. The average molecular weight is 277 g/mol. The zero-order valence-electron chi connectivity index (χ0n) is 10.6. The number of hydrogen-bond donors (Lipinski definition) is 3. The van der Waals surface area contributed by atoms with Crippen LogP contribution in [0.25, 0.3) is 11.0 Å². The van der Waals surface area contributed by atoms with E-state index in [0.29, 0.717) is 24.0 Å². The molecule has 3 rings (SSSR count). The van der Waals surface area contributed by atoms with Crippen LogP contribution in [0.15, 0.2) is 24.5 Å². The number of carbonyl (C=O) groups excluding carboxylic acids is 1. The lowest BCUT2D eigenvalue weighted by atomic mass is 10.2. The molecular formula is C13H15N3O4. The van der Waals surface area contributed by atoms with Crippen molar-refractivity contribution in [1.29, 1.82) is 0 Å². The summed E-state index contributed by atoms with van der Waals surface area (Å²) in [6, 6.07) is 5.43. The molecule has 0 saturated carbocycles. The summed E-state index contributed by atoms with van der Waals surface area (Å²) in [5, 5.41) is 21.5. The number of amides is 1. The molecule has 0 radical (unpaired) electrons. The fraction of sp³-hybridized carbons (Fsp3) is 0.385. The highest BCUT2D eigenvalue weighted by molar-refractivity contribution is 5.93. The van der Waals surface area contributed by atoms with Crippen LogP contribution in [-0.2, 0) is 9.53 Å². The van der Waals surface area contributed by atoms with Crippen LogP contribution in [0.2, 0.25) is 0 Å². The summed E-state index contributed by atoms with van der Waals surface area (Å²) >= 11 is 0. The van der Waals surface area contributed by atoms with Crippen LogP contribution in [0.5, 0.6) is 0 Å². The predicted octanol–water partition coefficient (Wildman–Crippen LogP) is 0.245. The van der Waals surface area contributed by atoms with Gasteiger partial charge in [0.05, 0.1) is 30.2 Å². The van der Waals surface area contributed by atoms with Crippen LogP contribution in [0.4, 0.5) is 5.69 Å². The minimum Gasteiger partial charge on any atom is -0.394 e. The highest BCUT2D eigenvalue weighted by Gasteiger charge is 2.34. The first kappa shape index (κ1) is 13.0. The van der Waals surface area contributed by atoms with Crippen molar-refractivity contribution in [2.45, 2.75) is 24.9 Å². The summed E-state index contributed by atoms with van der Waals surface area (Å²) in [4.78, 5) is 14.8. The van der Waals surface area contributed by atoms with Gasteiger partial charge >= 0.3 is 0 Å². The number of nitrogens with one attached hydrogen (secondary N) is 1. The summed E-state index contributed by atoms with van der Waals surface area (Å²) < 4.78 is 7.40. The van der Waals surface area contributed by atoms with Crippen LogP contribution in [0, 0.1) is 0 Å². The van der Waals surface area contributed by atoms with E-state index in [-0.39, 0.29) is 12.8 Å². The van der Waals surface area contributed by atoms with Gasteiger partial charge in [-0.05, 0) is 12.1 Å². The molecule has 7 nitrogen and oxygen atoms in total. The Labute approximate surface area is 114 Å². The number of fused-ring (bicyclic) bond motifs is 1. The molecule has 3 atom stereocenters. The Morgan fingerprint density at radius 3 is 3.10 bits per heavy atom. The van der Waals surface area contributed by atoms with E-state index in [1.807, 2.05) is 6.07 Å². The molecule has 1 fully saturated rings. The number of aliphatic hydroxyl groups excluding tert-OH is 2. The van der Waals surface area contributed by atoms with Crippen LogP contribution < -0.4 is 5.32 Å². The highest BCUT2D eigenvalue weighted by atomic mass is 16.5. The predicted molar refractivity (Wildman–Crippen MR) is 71.0 cm³/mol. The highest BCUT2D eigenvalue weighted by Crippen LogP contribution is 2.32. The van der Waals surface area contributed by atoms with Crippen molar-refractivity contribution >= 4 is 23.1 Å². The van der Waals surface area contributed by atoms with Crippen molar-refractivity contribution in [3.63, 3.8) is 0 Å². The van der Waals surface area contributed by atoms with Crippen LogP contribution in [0.3, 0.4) is 0 Å². The van der Waals surface area contributed by atoms with E-state index in [9.17, 15) is 9.90 Å². The van der Waals surface area contributed by atoms with Gasteiger partial charge < -0.3 is 24.8 Å². The molecular weight excluding hydrogens is 262 g/mol. The number of ether oxygens (including phenoxy) is 1. The number of nitrogens with zero attached hydrogens (tertiary/aromatic N) is 2. The van der Waals surface area contributed by atoms with Crippen molar-refractivity contribution < 1.29 is 19.7 Å². The molecule has 1 aromatic carbocycles. The van der Waals surface area contributed by atoms with E-state index in [1.165, 1.54) is 0 Å². The van der Waals surface area contributed by atoms with E-state index in [1.54, 1.807) is 23.0 Å². The summed E-state index contributed by atoms with van der Waals surface area (Å²) in [7, 11) is 0. The second kappa shape index (κ2) is 5.20. The number of rotatable bonds is 4. The number of anilines is 1. The largest absolute Gasteiger partial charge is 0.394 e. The van der Waals surface area contributed by atoms with E-state index in [0.717, 1.165) is 5.52 Å². The lowest BCUT2D eigenvalue weighted by molar-refractivity contribution is -0.105. The van der Waals surface area contributed by atoms with Crippen LogP contribution in [0.1, 0.15) is 12.6 Å². The number of benzene rings is 1. The van der Waals surface area contributed by atoms with Crippen LogP contribution in [-0.4, -0.2) is 45.0 Å². The van der Waals surface area contributed by atoms with Gasteiger partial charge in [-0.1, -0.05) is 6.07 Å². The fourth-order valence-corrected chi connectivity index (χ4v) is 2.52. The van der Waals surface area contributed by atoms with Crippen molar-refractivity contribution in [3.8, 4) is 0 Å². The third-order valence-corrected chi connectivity index (χ3v) is 3.51. The average Bonchev–Trinajstić information content (AvgIpc) is 3.03. The first-order valence-electron chi connectivity index (χ1n) is 6.34. The Balaban J connectivity index is 1.97. The van der Waals surface area contributed by atoms with Crippen molar-refractivity contribution in [2.24, 2.45) is 0 Å². The zero-order chi connectivity index (χ0) is 14.1. The van der Waals surface area contributed by atoms with E-state index >= 15 is 0 Å². The van der Waals surface area contributed by atoms with Gasteiger partial charge in [0, 0.05) is 6.42 Å². The monoisotopic (exact) mass is 277 g/mol. The third-order valence-electron chi connectivity index (χ3n) is 3.51. The molecule has 106 valence electrons. The van der Waals surface area contributed by atoms with Crippen molar-refractivity contribution in [1.82, 2.24) is 9.55 Å². The van der Waals surface area contributed by atoms with Gasteiger partial charge in [-0.3, -0.25) is 4.79 Å². The Morgan fingerprint density at radius 2 is 2.40 bits per heavy atom. The van der Waals surface area contributed by atoms with Gasteiger partial charge in [-0.15, -0.1) is 0 Å². The van der Waals surface area contributed by atoms with Crippen molar-refractivity contribution in [3.05, 3.63) is 24.5 Å². The summed E-state index contributed by atoms with van der Waals surface area (Å²) in [6.07, 6.45) is 0.955. The lowest BCUT2D eigenvalue weighted by Gasteiger charge is -2.14. The molecule has 3 unspecified atom stereocenters. The Bertz CT molecular complexity index is 627. The fourth-order valence-electron chi connectivity index (χ4n) is 2.52. The molecule has 2 aromatic rings. The standard InChI is InChI=1S/C13H15N3O4/c17-5-11-10(19)4-12(20-11)16-6-14-13-8(15-7-18)2-1-3-9(13)16/h1-3,6-7,10-12,17,19H,4-5H2,(H,15,18). The second-order valence-electron chi connectivity index (χ2n) is 4.70. The molecule has 1 aromatic heterocycles. The number of aromatic nitrogens is 2. The summed E-state index contributed by atoms with van der Waals surface area (Å²) in [5.74, 6) is 0. The van der Waals surface area contributed by atoms with E-state index in [4.69, 9.17) is 9.84 Å². The number of carbonyl (C=O) groups is 1. The first-order chi connectivity index (χ1) is 9.74. The van der Waals surface area contributed by atoms with Gasteiger partial charge in [-0.2, -0.15) is 0 Å². The normalized spacial score (nSPS) is 26.0. The number of hydrogen-bond acceptors (Lipinski definition) is 5. The summed E-state index contributed by atoms with van der Waals surface area (Å²) in [6.45, 7) is -0.220. The van der Waals surface area contributed by atoms with Gasteiger partial charge in [0.15, 0.2) is 0 Å². The molecule has 1 amide bonds. The second-order valence-corrected chi connectivity index (χ2v) is 4.70. The maximum absolute atomic E-state index is 10.6. The minimum absolute atomic E-state index is 0.220. The molecule has 2 heterocycles. The molecule has 1 aliphatic rings. The van der Waals surface area contributed by atoms with Crippen LogP contribution >= 0.6 is 0 Å². The SMILES string of the molecule is O=CNc1cccc2c1ncn2C1CC(O)C(CO)O1. The number of para-hydroxylation sites is 1. The maximum atomic E-state index is 10.6. The number of aliphatic hydroxyl groups is 2.